The second-order valence-corrected chi connectivity index (χ2v) is 3.06. The minimum Gasteiger partial charge on any atom is -0.405 e. The Morgan fingerprint density at radius 2 is 1.93 bits per heavy atom. The standard InChI is InChI=1S/C9H8ClF3O2/c10-5-7(14)6-3-1-2-4-8(6)15-9(11,12)13/h1-4,7,14H,5H2/t7-/m1/s1. The molecule has 6 heteroatoms. The fourth-order valence-corrected chi connectivity index (χ4v) is 1.22. The summed E-state index contributed by atoms with van der Waals surface area (Å²) in [5.74, 6) is -0.628. The lowest BCUT2D eigenvalue weighted by Gasteiger charge is -2.15. The van der Waals surface area contributed by atoms with Gasteiger partial charge in [0.15, 0.2) is 0 Å². The van der Waals surface area contributed by atoms with Crippen molar-refractivity contribution in [3.63, 3.8) is 0 Å². The summed E-state index contributed by atoms with van der Waals surface area (Å²) in [5.41, 5.74) is 0.0184. The molecule has 1 rings (SSSR count). The van der Waals surface area contributed by atoms with Crippen LogP contribution in [0.25, 0.3) is 0 Å². The molecule has 0 aliphatic rings. The van der Waals surface area contributed by atoms with Gasteiger partial charge in [-0.25, -0.2) is 0 Å². The molecule has 0 aliphatic heterocycles. The van der Waals surface area contributed by atoms with Crippen LogP contribution in [0.4, 0.5) is 13.2 Å². The van der Waals surface area contributed by atoms with Crippen molar-refractivity contribution in [2.24, 2.45) is 0 Å². The second kappa shape index (κ2) is 4.72. The lowest BCUT2D eigenvalue weighted by Crippen LogP contribution is -2.18. The van der Waals surface area contributed by atoms with E-state index in [1.807, 2.05) is 0 Å². The summed E-state index contributed by atoms with van der Waals surface area (Å²) in [6.07, 6.45) is -5.95. The first-order chi connectivity index (χ1) is 6.94. The van der Waals surface area contributed by atoms with E-state index in [1.54, 1.807) is 0 Å². The number of aliphatic hydroxyl groups is 1. The average Bonchev–Trinajstić information content (AvgIpc) is 2.15. The number of para-hydroxylation sites is 1. The van der Waals surface area contributed by atoms with Crippen molar-refractivity contribution in [2.45, 2.75) is 12.5 Å². The maximum atomic E-state index is 12.0. The fourth-order valence-electron chi connectivity index (χ4n) is 1.06. The minimum absolute atomic E-state index is 0.0184. The highest BCUT2D eigenvalue weighted by atomic mass is 35.5. The van der Waals surface area contributed by atoms with Gasteiger partial charge < -0.3 is 9.84 Å². The van der Waals surface area contributed by atoms with E-state index in [2.05, 4.69) is 4.74 Å². The van der Waals surface area contributed by atoms with Crippen LogP contribution in [0.2, 0.25) is 0 Å². The van der Waals surface area contributed by atoms with E-state index in [1.165, 1.54) is 18.2 Å². The highest BCUT2D eigenvalue weighted by Gasteiger charge is 2.32. The Labute approximate surface area is 89.2 Å². The molecule has 0 fully saturated rings. The van der Waals surface area contributed by atoms with Crippen LogP contribution in [0.5, 0.6) is 5.75 Å². The molecule has 1 atom stereocenters. The second-order valence-electron chi connectivity index (χ2n) is 2.76. The number of ether oxygens (including phenoxy) is 1. The SMILES string of the molecule is O[C@H](CCl)c1ccccc1OC(F)(F)F. The minimum atomic E-state index is -4.78. The van der Waals surface area contributed by atoms with Crippen LogP contribution < -0.4 is 4.74 Å². The Kier molecular flexibility index (Phi) is 3.82. The first-order valence-corrected chi connectivity index (χ1v) is 4.56. The predicted molar refractivity (Wildman–Crippen MR) is 48.8 cm³/mol. The zero-order chi connectivity index (χ0) is 11.5. The van der Waals surface area contributed by atoms with E-state index in [4.69, 9.17) is 11.6 Å². The van der Waals surface area contributed by atoms with Gasteiger partial charge in [-0.3, -0.25) is 0 Å². The third-order valence-corrected chi connectivity index (χ3v) is 1.94. The number of alkyl halides is 4. The zero-order valence-corrected chi connectivity index (χ0v) is 8.22. The zero-order valence-electron chi connectivity index (χ0n) is 7.46. The van der Waals surface area contributed by atoms with Gasteiger partial charge in [0.1, 0.15) is 5.75 Å². The number of aliphatic hydroxyl groups excluding tert-OH is 1. The summed E-state index contributed by atoms with van der Waals surface area (Å²) in [4.78, 5) is 0. The van der Waals surface area contributed by atoms with Crippen LogP contribution >= 0.6 is 11.6 Å². The van der Waals surface area contributed by atoms with E-state index < -0.39 is 18.2 Å². The third-order valence-electron chi connectivity index (χ3n) is 1.65. The van der Waals surface area contributed by atoms with Crippen LogP contribution in [-0.2, 0) is 0 Å². The molecular weight excluding hydrogens is 233 g/mol. The first kappa shape index (κ1) is 12.1. The van der Waals surface area contributed by atoms with Crippen LogP contribution in [0.1, 0.15) is 11.7 Å². The summed E-state index contributed by atoms with van der Waals surface area (Å²) in [6, 6.07) is 5.33. The summed E-state index contributed by atoms with van der Waals surface area (Å²) < 4.78 is 39.6. The van der Waals surface area contributed by atoms with Gasteiger partial charge >= 0.3 is 6.36 Å². The van der Waals surface area contributed by atoms with E-state index in [0.29, 0.717) is 0 Å². The van der Waals surface area contributed by atoms with E-state index in [9.17, 15) is 18.3 Å². The highest BCUT2D eigenvalue weighted by Crippen LogP contribution is 2.30. The largest absolute Gasteiger partial charge is 0.573 e. The van der Waals surface area contributed by atoms with E-state index >= 15 is 0 Å². The molecule has 0 saturated carbocycles. The maximum Gasteiger partial charge on any atom is 0.573 e. The molecule has 0 amide bonds. The van der Waals surface area contributed by atoms with Gasteiger partial charge in [-0.05, 0) is 6.07 Å². The number of hydrogen-bond acceptors (Lipinski definition) is 2. The Morgan fingerprint density at radius 3 is 2.47 bits per heavy atom. The van der Waals surface area contributed by atoms with Crippen molar-refractivity contribution < 1.29 is 23.0 Å². The lowest BCUT2D eigenvalue weighted by atomic mass is 10.1. The number of benzene rings is 1. The van der Waals surface area contributed by atoms with Crippen LogP contribution in [-0.4, -0.2) is 17.3 Å². The molecule has 0 spiro atoms. The van der Waals surface area contributed by atoms with E-state index in [0.717, 1.165) is 6.07 Å². The van der Waals surface area contributed by atoms with Crippen molar-refractivity contribution in [1.82, 2.24) is 0 Å². The van der Waals surface area contributed by atoms with Gasteiger partial charge in [0.05, 0.1) is 12.0 Å². The van der Waals surface area contributed by atoms with Gasteiger partial charge in [-0.1, -0.05) is 18.2 Å². The first-order valence-electron chi connectivity index (χ1n) is 4.02. The molecule has 84 valence electrons. The van der Waals surface area contributed by atoms with Crippen LogP contribution in [0.3, 0.4) is 0 Å². The summed E-state index contributed by atoms with van der Waals surface area (Å²) in [7, 11) is 0. The molecule has 0 aliphatic carbocycles. The van der Waals surface area contributed by atoms with Gasteiger partial charge in [-0.2, -0.15) is 0 Å². The molecule has 0 heterocycles. The van der Waals surface area contributed by atoms with Gasteiger partial charge in [-0.15, -0.1) is 24.8 Å². The Hall–Kier alpha value is -0.940. The number of hydrogen-bond donors (Lipinski definition) is 1. The summed E-state index contributed by atoms with van der Waals surface area (Å²) in [6.45, 7) is 0. The van der Waals surface area contributed by atoms with Crippen LogP contribution in [0.15, 0.2) is 24.3 Å². The predicted octanol–water partition coefficient (Wildman–Crippen LogP) is 2.86. The van der Waals surface area contributed by atoms with Crippen LogP contribution in [0, 0.1) is 0 Å². The van der Waals surface area contributed by atoms with Gasteiger partial charge in [0.2, 0.25) is 0 Å². The topological polar surface area (TPSA) is 29.5 Å². The molecule has 1 N–H and O–H groups in total. The van der Waals surface area contributed by atoms with Crippen molar-refractivity contribution in [1.29, 1.82) is 0 Å². The molecular formula is C9H8ClF3O2. The highest BCUT2D eigenvalue weighted by molar-refractivity contribution is 6.18. The van der Waals surface area contributed by atoms with Gasteiger partial charge in [0, 0.05) is 5.56 Å². The lowest BCUT2D eigenvalue weighted by molar-refractivity contribution is -0.275. The molecule has 0 aromatic heterocycles. The van der Waals surface area contributed by atoms with Crippen molar-refractivity contribution >= 4 is 11.6 Å². The number of halogens is 4. The summed E-state index contributed by atoms with van der Waals surface area (Å²) in [5, 5.41) is 9.33. The molecule has 1 aromatic rings. The molecule has 0 radical (unpaired) electrons. The molecule has 2 nitrogen and oxygen atoms in total. The van der Waals surface area contributed by atoms with Crippen molar-refractivity contribution in [3.05, 3.63) is 29.8 Å². The molecule has 0 saturated heterocycles. The monoisotopic (exact) mass is 240 g/mol. The smallest absolute Gasteiger partial charge is 0.405 e. The Bertz CT molecular complexity index is 327. The third kappa shape index (κ3) is 3.60. The number of rotatable bonds is 3. The molecule has 1 aromatic carbocycles. The van der Waals surface area contributed by atoms with Crippen molar-refractivity contribution in [3.8, 4) is 5.75 Å². The van der Waals surface area contributed by atoms with Crippen molar-refractivity contribution in [2.75, 3.05) is 5.88 Å². The molecule has 0 unspecified atom stereocenters. The normalized spacial score (nSPS) is 13.7. The fraction of sp³-hybridized carbons (Fsp3) is 0.333. The maximum absolute atomic E-state index is 12.0. The average molecular weight is 241 g/mol. The van der Waals surface area contributed by atoms with Gasteiger partial charge in [0.25, 0.3) is 0 Å². The molecule has 0 bridgehead atoms. The molecule has 15 heavy (non-hydrogen) atoms. The quantitative estimate of drug-likeness (QED) is 0.824. The Morgan fingerprint density at radius 1 is 1.33 bits per heavy atom. The van der Waals surface area contributed by atoms with E-state index in [-0.39, 0.29) is 11.4 Å². The Balaban J connectivity index is 2.96. The summed E-state index contributed by atoms with van der Waals surface area (Å²) >= 11 is 5.34.